The molecule has 0 aliphatic rings. The standard InChI is InChI=1S/C26H30N2O7S/c1-4-34-21-8-6-20(7-9-21)28-36(30,31)23-12-10-22(11-13-23)35-18-26(29)27-16-15-19-5-14-24(32-2)25(17-19)33-3/h5-14,17,28H,4,15-16,18H2,1-3H3,(H,27,29). The first-order valence-electron chi connectivity index (χ1n) is 11.3. The first-order valence-corrected chi connectivity index (χ1v) is 12.8. The Morgan fingerprint density at radius 3 is 2.11 bits per heavy atom. The lowest BCUT2D eigenvalue weighted by Crippen LogP contribution is -2.30. The molecule has 0 saturated heterocycles. The summed E-state index contributed by atoms with van der Waals surface area (Å²) in [6.45, 7) is 2.63. The average molecular weight is 515 g/mol. The zero-order valence-corrected chi connectivity index (χ0v) is 21.3. The van der Waals surface area contributed by atoms with Gasteiger partial charge in [-0.15, -0.1) is 0 Å². The summed E-state index contributed by atoms with van der Waals surface area (Å²) in [5.41, 5.74) is 1.41. The Kier molecular flexibility index (Phi) is 9.40. The van der Waals surface area contributed by atoms with Gasteiger partial charge in [0.25, 0.3) is 15.9 Å². The Morgan fingerprint density at radius 1 is 0.833 bits per heavy atom. The molecule has 0 bridgehead atoms. The number of methoxy groups -OCH3 is 2. The molecule has 0 spiro atoms. The van der Waals surface area contributed by atoms with E-state index < -0.39 is 10.0 Å². The average Bonchev–Trinajstić information content (AvgIpc) is 2.88. The third-order valence-corrected chi connectivity index (χ3v) is 6.50. The Hall–Kier alpha value is -3.92. The van der Waals surface area contributed by atoms with Gasteiger partial charge in [0.05, 0.1) is 25.7 Å². The van der Waals surface area contributed by atoms with Crippen LogP contribution in [-0.4, -0.2) is 48.3 Å². The van der Waals surface area contributed by atoms with E-state index in [0.29, 0.717) is 48.3 Å². The second-order valence-corrected chi connectivity index (χ2v) is 9.29. The third-order valence-electron chi connectivity index (χ3n) is 5.11. The second kappa shape index (κ2) is 12.7. The highest BCUT2D eigenvalue weighted by atomic mass is 32.2. The molecule has 1 amide bonds. The van der Waals surface area contributed by atoms with Crippen LogP contribution in [0.4, 0.5) is 5.69 Å². The van der Waals surface area contributed by atoms with Gasteiger partial charge in [-0.3, -0.25) is 9.52 Å². The minimum Gasteiger partial charge on any atom is -0.494 e. The lowest BCUT2D eigenvalue weighted by Gasteiger charge is -2.11. The van der Waals surface area contributed by atoms with Crippen LogP contribution in [-0.2, 0) is 21.2 Å². The summed E-state index contributed by atoms with van der Waals surface area (Å²) >= 11 is 0. The number of sulfonamides is 1. The SMILES string of the molecule is CCOc1ccc(NS(=O)(=O)c2ccc(OCC(=O)NCCc3ccc(OC)c(OC)c3)cc2)cc1. The summed E-state index contributed by atoms with van der Waals surface area (Å²) in [4.78, 5) is 12.2. The largest absolute Gasteiger partial charge is 0.494 e. The number of benzene rings is 3. The maximum absolute atomic E-state index is 12.6. The fourth-order valence-electron chi connectivity index (χ4n) is 3.30. The molecular weight excluding hydrogens is 484 g/mol. The number of anilines is 1. The van der Waals surface area contributed by atoms with E-state index in [1.807, 2.05) is 25.1 Å². The highest BCUT2D eigenvalue weighted by Crippen LogP contribution is 2.27. The van der Waals surface area contributed by atoms with Crippen LogP contribution >= 0.6 is 0 Å². The monoisotopic (exact) mass is 514 g/mol. The zero-order valence-electron chi connectivity index (χ0n) is 20.4. The predicted octanol–water partition coefficient (Wildman–Crippen LogP) is 3.64. The van der Waals surface area contributed by atoms with Crippen LogP contribution in [0, 0.1) is 0 Å². The van der Waals surface area contributed by atoms with Gasteiger partial charge in [0.15, 0.2) is 18.1 Å². The number of carbonyl (C=O) groups excluding carboxylic acids is 1. The minimum absolute atomic E-state index is 0.0723. The fourth-order valence-corrected chi connectivity index (χ4v) is 4.36. The molecule has 0 aliphatic carbocycles. The number of amides is 1. The third kappa shape index (κ3) is 7.54. The number of nitrogens with one attached hydrogen (secondary N) is 2. The van der Waals surface area contributed by atoms with Crippen molar-refractivity contribution in [3.8, 4) is 23.0 Å². The Balaban J connectivity index is 1.46. The molecule has 2 N–H and O–H groups in total. The Labute approximate surface area is 211 Å². The lowest BCUT2D eigenvalue weighted by atomic mass is 10.1. The quantitative estimate of drug-likeness (QED) is 0.358. The molecule has 3 aromatic carbocycles. The molecule has 0 aromatic heterocycles. The van der Waals surface area contributed by atoms with Crippen molar-refractivity contribution in [1.82, 2.24) is 5.32 Å². The van der Waals surface area contributed by atoms with Crippen molar-refractivity contribution in [2.24, 2.45) is 0 Å². The second-order valence-electron chi connectivity index (χ2n) is 7.61. The maximum atomic E-state index is 12.6. The fraction of sp³-hybridized carbons (Fsp3) is 0.269. The number of rotatable bonds is 13. The molecule has 0 unspecified atom stereocenters. The van der Waals surface area contributed by atoms with Gasteiger partial charge in [-0.05, 0) is 79.6 Å². The summed E-state index contributed by atoms with van der Waals surface area (Å²) in [6.07, 6.45) is 0.611. The van der Waals surface area contributed by atoms with Crippen LogP contribution in [0.1, 0.15) is 12.5 Å². The van der Waals surface area contributed by atoms with Gasteiger partial charge in [-0.1, -0.05) is 6.07 Å². The Bertz CT molecular complexity index is 1240. The van der Waals surface area contributed by atoms with Crippen molar-refractivity contribution < 1.29 is 32.2 Å². The van der Waals surface area contributed by atoms with E-state index in [1.165, 1.54) is 24.3 Å². The predicted molar refractivity (Wildman–Crippen MR) is 137 cm³/mol. The van der Waals surface area contributed by atoms with Crippen LogP contribution in [0.3, 0.4) is 0 Å². The molecular formula is C26H30N2O7S. The number of carbonyl (C=O) groups is 1. The first-order chi connectivity index (χ1) is 17.3. The van der Waals surface area contributed by atoms with E-state index in [1.54, 1.807) is 38.5 Å². The zero-order chi connectivity index (χ0) is 26.0. The van der Waals surface area contributed by atoms with Gasteiger partial charge in [0.2, 0.25) is 0 Å². The summed E-state index contributed by atoms with van der Waals surface area (Å²) in [5.74, 6) is 2.02. The summed E-state index contributed by atoms with van der Waals surface area (Å²) in [6, 6.07) is 18.1. The molecule has 36 heavy (non-hydrogen) atoms. The van der Waals surface area contributed by atoms with Crippen molar-refractivity contribution in [1.29, 1.82) is 0 Å². The normalized spacial score (nSPS) is 10.9. The number of ether oxygens (including phenoxy) is 4. The maximum Gasteiger partial charge on any atom is 0.261 e. The Morgan fingerprint density at radius 2 is 1.47 bits per heavy atom. The van der Waals surface area contributed by atoms with Gasteiger partial charge in [-0.2, -0.15) is 0 Å². The summed E-state index contributed by atoms with van der Waals surface area (Å²) < 4.78 is 49.1. The van der Waals surface area contributed by atoms with Crippen molar-refractivity contribution in [3.05, 3.63) is 72.3 Å². The molecule has 9 nitrogen and oxygen atoms in total. The van der Waals surface area contributed by atoms with Gasteiger partial charge in [0.1, 0.15) is 11.5 Å². The van der Waals surface area contributed by atoms with Crippen LogP contribution in [0.5, 0.6) is 23.0 Å². The van der Waals surface area contributed by atoms with Gasteiger partial charge >= 0.3 is 0 Å². The van der Waals surface area contributed by atoms with E-state index in [2.05, 4.69) is 10.0 Å². The number of hydrogen-bond donors (Lipinski definition) is 2. The molecule has 10 heteroatoms. The van der Waals surface area contributed by atoms with Crippen LogP contribution in [0.25, 0.3) is 0 Å². The van der Waals surface area contributed by atoms with E-state index in [0.717, 1.165) is 5.56 Å². The van der Waals surface area contributed by atoms with E-state index in [-0.39, 0.29) is 17.4 Å². The molecule has 3 rings (SSSR count). The van der Waals surface area contributed by atoms with Crippen LogP contribution in [0.2, 0.25) is 0 Å². The minimum atomic E-state index is -3.78. The molecule has 192 valence electrons. The van der Waals surface area contributed by atoms with E-state index >= 15 is 0 Å². The van der Waals surface area contributed by atoms with Crippen molar-refractivity contribution in [2.75, 3.05) is 38.7 Å². The molecule has 3 aromatic rings. The van der Waals surface area contributed by atoms with Gasteiger partial charge < -0.3 is 24.3 Å². The highest BCUT2D eigenvalue weighted by molar-refractivity contribution is 7.92. The molecule has 0 atom stereocenters. The van der Waals surface area contributed by atoms with Crippen LogP contribution < -0.4 is 29.0 Å². The molecule has 0 heterocycles. The molecule has 0 aliphatic heterocycles. The van der Waals surface area contributed by atoms with Gasteiger partial charge in [0, 0.05) is 12.2 Å². The topological polar surface area (TPSA) is 112 Å². The smallest absolute Gasteiger partial charge is 0.261 e. The summed E-state index contributed by atoms with van der Waals surface area (Å²) in [7, 11) is -0.632. The van der Waals surface area contributed by atoms with E-state index in [9.17, 15) is 13.2 Å². The molecule has 0 fully saturated rings. The van der Waals surface area contributed by atoms with Crippen molar-refractivity contribution in [2.45, 2.75) is 18.2 Å². The van der Waals surface area contributed by atoms with Crippen molar-refractivity contribution >= 4 is 21.6 Å². The summed E-state index contributed by atoms with van der Waals surface area (Å²) in [5, 5.41) is 2.79. The van der Waals surface area contributed by atoms with Gasteiger partial charge in [-0.25, -0.2) is 8.42 Å². The highest BCUT2D eigenvalue weighted by Gasteiger charge is 2.15. The van der Waals surface area contributed by atoms with Crippen LogP contribution in [0.15, 0.2) is 71.6 Å². The lowest BCUT2D eigenvalue weighted by molar-refractivity contribution is -0.123. The van der Waals surface area contributed by atoms with Crippen molar-refractivity contribution in [3.63, 3.8) is 0 Å². The first kappa shape index (κ1) is 26.7. The molecule has 0 saturated carbocycles. The molecule has 0 radical (unpaired) electrons. The number of hydrogen-bond acceptors (Lipinski definition) is 7. The van der Waals surface area contributed by atoms with E-state index in [4.69, 9.17) is 18.9 Å².